The first kappa shape index (κ1) is 21.9. The van der Waals surface area contributed by atoms with Crippen molar-refractivity contribution in [3.63, 3.8) is 0 Å². The predicted molar refractivity (Wildman–Crippen MR) is 117 cm³/mol. The molecule has 0 saturated carbocycles. The molecule has 5 heterocycles. The molecule has 1 amide bonds. The lowest BCUT2D eigenvalue weighted by molar-refractivity contribution is -0.147. The number of rotatable bonds is 5. The average Bonchev–Trinajstić information content (AvgIpc) is 3.40. The second-order valence-electron chi connectivity index (χ2n) is 8.16. The van der Waals surface area contributed by atoms with E-state index in [2.05, 4.69) is 28.5 Å². The molecule has 0 aliphatic carbocycles. The fraction of sp³-hybridized carbons (Fsp3) is 0.550. The van der Waals surface area contributed by atoms with Gasteiger partial charge in [0.15, 0.2) is 5.82 Å². The van der Waals surface area contributed by atoms with Crippen LogP contribution >= 0.6 is 11.3 Å². The van der Waals surface area contributed by atoms with Gasteiger partial charge in [0.25, 0.3) is 0 Å². The molecular formula is C20H23F3N8OS. The minimum atomic E-state index is -4.54. The number of hydrogen-bond acceptors (Lipinski definition) is 8. The highest BCUT2D eigenvalue weighted by Crippen LogP contribution is 2.36. The molecule has 0 radical (unpaired) electrons. The van der Waals surface area contributed by atoms with E-state index in [4.69, 9.17) is 9.97 Å². The highest BCUT2D eigenvalue weighted by atomic mass is 32.1. The summed E-state index contributed by atoms with van der Waals surface area (Å²) in [5.74, 6) is 0.303. The number of carbonyl (C=O) groups excluding carboxylic acids is 1. The first-order chi connectivity index (χ1) is 15.8. The van der Waals surface area contributed by atoms with Gasteiger partial charge in [-0.15, -0.1) is 21.5 Å². The van der Waals surface area contributed by atoms with Crippen molar-refractivity contribution in [2.45, 2.75) is 45.5 Å². The maximum Gasteiger partial charge on any atom is 0.451 e. The minimum Gasteiger partial charge on any atom is -0.353 e. The highest BCUT2D eigenvalue weighted by Gasteiger charge is 2.40. The van der Waals surface area contributed by atoms with Gasteiger partial charge in [-0.3, -0.25) is 4.79 Å². The Morgan fingerprint density at radius 2 is 1.97 bits per heavy atom. The van der Waals surface area contributed by atoms with E-state index in [0.29, 0.717) is 31.4 Å². The molecule has 1 fully saturated rings. The van der Waals surface area contributed by atoms with Crippen molar-refractivity contribution < 1.29 is 18.0 Å². The summed E-state index contributed by atoms with van der Waals surface area (Å²) in [4.78, 5) is 27.2. The zero-order chi connectivity index (χ0) is 23.2. The molecule has 2 aliphatic rings. The number of amides is 1. The summed E-state index contributed by atoms with van der Waals surface area (Å²) in [5.41, 5.74) is 0. The number of fused-ring (bicyclic) bond motifs is 2. The molecule has 3 aromatic heterocycles. The van der Waals surface area contributed by atoms with Crippen LogP contribution in [-0.2, 0) is 30.5 Å². The van der Waals surface area contributed by atoms with Crippen molar-refractivity contribution >= 4 is 39.2 Å². The Labute approximate surface area is 191 Å². The maximum atomic E-state index is 13.2. The summed E-state index contributed by atoms with van der Waals surface area (Å²) in [6.45, 7) is 4.01. The van der Waals surface area contributed by atoms with E-state index in [1.807, 2.05) is 9.80 Å². The Kier molecular flexibility index (Phi) is 5.59. The lowest BCUT2D eigenvalue weighted by Crippen LogP contribution is -2.48. The fourth-order valence-electron chi connectivity index (χ4n) is 4.16. The number of aromatic nitrogens is 5. The second kappa shape index (κ2) is 8.43. The number of hydrogen-bond donors (Lipinski definition) is 1. The number of thiophene rings is 1. The van der Waals surface area contributed by atoms with E-state index in [1.165, 1.54) is 4.88 Å². The molecule has 1 saturated heterocycles. The number of nitrogens with one attached hydrogen (secondary N) is 1. The van der Waals surface area contributed by atoms with Gasteiger partial charge < -0.3 is 19.7 Å². The minimum absolute atomic E-state index is 0.0907. The van der Waals surface area contributed by atoms with Crippen LogP contribution in [0.3, 0.4) is 0 Å². The molecule has 0 spiro atoms. The average molecular weight is 481 g/mol. The number of alkyl halides is 3. The van der Waals surface area contributed by atoms with Gasteiger partial charge in [0.1, 0.15) is 10.6 Å². The van der Waals surface area contributed by atoms with Gasteiger partial charge in [-0.05, 0) is 18.9 Å². The molecule has 3 aromatic rings. The topological polar surface area (TPSA) is 92.1 Å². The third-order valence-electron chi connectivity index (χ3n) is 5.82. The Bertz CT molecular complexity index is 1190. The van der Waals surface area contributed by atoms with Crippen LogP contribution < -0.4 is 15.1 Å². The molecule has 0 unspecified atom stereocenters. The Balaban J connectivity index is 1.53. The van der Waals surface area contributed by atoms with Crippen molar-refractivity contribution in [3.05, 3.63) is 22.6 Å². The molecule has 1 N–H and O–H groups in total. The third kappa shape index (κ3) is 4.21. The Morgan fingerprint density at radius 1 is 1.12 bits per heavy atom. The summed E-state index contributed by atoms with van der Waals surface area (Å²) in [5, 5.41) is 10.8. The molecular weight excluding hydrogens is 457 g/mol. The Morgan fingerprint density at radius 3 is 2.73 bits per heavy atom. The zero-order valence-corrected chi connectivity index (χ0v) is 18.8. The SMILES string of the molecule is CCCCc1cc2c(N3CCn4c(nnc4C(F)(F)F)C3)nc(N3CCNC(=O)C3)nc2s1. The summed E-state index contributed by atoms with van der Waals surface area (Å²) in [6.07, 6.45) is -1.48. The van der Waals surface area contributed by atoms with E-state index in [0.717, 1.165) is 34.0 Å². The quantitative estimate of drug-likeness (QED) is 0.600. The zero-order valence-electron chi connectivity index (χ0n) is 18.0. The van der Waals surface area contributed by atoms with Crippen molar-refractivity contribution in [1.29, 1.82) is 0 Å². The Hall–Kier alpha value is -2.96. The molecule has 0 bridgehead atoms. The molecule has 5 rings (SSSR count). The number of halogens is 3. The molecule has 9 nitrogen and oxygen atoms in total. The molecule has 0 atom stereocenters. The van der Waals surface area contributed by atoms with Crippen LogP contribution in [-0.4, -0.2) is 56.8 Å². The van der Waals surface area contributed by atoms with Crippen LogP contribution in [0.15, 0.2) is 6.07 Å². The van der Waals surface area contributed by atoms with E-state index in [9.17, 15) is 18.0 Å². The van der Waals surface area contributed by atoms with Crippen molar-refractivity contribution in [2.75, 3.05) is 36.0 Å². The largest absolute Gasteiger partial charge is 0.451 e. The second-order valence-corrected chi connectivity index (χ2v) is 9.28. The van der Waals surface area contributed by atoms with Crippen LogP contribution in [0.1, 0.15) is 36.3 Å². The lowest BCUT2D eigenvalue weighted by atomic mass is 10.2. The number of nitrogens with zero attached hydrogens (tertiary/aromatic N) is 7. The highest BCUT2D eigenvalue weighted by molar-refractivity contribution is 7.18. The third-order valence-corrected chi connectivity index (χ3v) is 6.90. The molecule has 0 aromatic carbocycles. The first-order valence-corrected chi connectivity index (χ1v) is 11.7. The molecule has 2 aliphatic heterocycles. The van der Waals surface area contributed by atoms with Gasteiger partial charge in [-0.25, -0.2) is 4.98 Å². The van der Waals surface area contributed by atoms with Gasteiger partial charge >= 0.3 is 6.18 Å². The molecule has 13 heteroatoms. The van der Waals surface area contributed by atoms with Gasteiger partial charge in [0.05, 0.1) is 18.5 Å². The van der Waals surface area contributed by atoms with Crippen molar-refractivity contribution in [3.8, 4) is 0 Å². The van der Waals surface area contributed by atoms with Gasteiger partial charge in [0.2, 0.25) is 17.7 Å². The van der Waals surface area contributed by atoms with Crippen LogP contribution in [0.2, 0.25) is 0 Å². The van der Waals surface area contributed by atoms with E-state index in [-0.39, 0.29) is 31.4 Å². The monoisotopic (exact) mass is 480 g/mol. The van der Waals surface area contributed by atoms with Crippen LogP contribution in [0, 0.1) is 0 Å². The van der Waals surface area contributed by atoms with E-state index < -0.39 is 12.0 Å². The van der Waals surface area contributed by atoms with Crippen LogP contribution in [0.5, 0.6) is 0 Å². The molecule has 176 valence electrons. The van der Waals surface area contributed by atoms with Gasteiger partial charge in [-0.2, -0.15) is 18.2 Å². The number of piperazine rings is 1. The maximum absolute atomic E-state index is 13.2. The van der Waals surface area contributed by atoms with E-state index >= 15 is 0 Å². The summed E-state index contributed by atoms with van der Waals surface area (Å²) < 4.78 is 40.8. The van der Waals surface area contributed by atoms with E-state index in [1.54, 1.807) is 11.3 Å². The van der Waals surface area contributed by atoms with Crippen LogP contribution in [0.25, 0.3) is 10.2 Å². The number of anilines is 2. The smallest absolute Gasteiger partial charge is 0.353 e. The van der Waals surface area contributed by atoms with Gasteiger partial charge in [0, 0.05) is 31.1 Å². The number of carbonyl (C=O) groups is 1. The normalized spacial score (nSPS) is 16.9. The summed E-state index contributed by atoms with van der Waals surface area (Å²) in [7, 11) is 0. The van der Waals surface area contributed by atoms with Crippen LogP contribution in [0.4, 0.5) is 24.9 Å². The first-order valence-electron chi connectivity index (χ1n) is 10.9. The number of aryl methyl sites for hydroxylation is 1. The van der Waals surface area contributed by atoms with Crippen molar-refractivity contribution in [1.82, 2.24) is 30.0 Å². The standard InChI is InChI=1S/C20H23F3N8OS/c1-2-3-4-12-9-13-16(25-19(26-17(13)33-12)30-6-5-24-15(32)11-30)29-7-8-31-14(10-29)27-28-18(31)20(21,22)23/h9H,2-8,10-11H2,1H3,(H,24,32). The van der Waals surface area contributed by atoms with Gasteiger partial charge in [-0.1, -0.05) is 13.3 Å². The van der Waals surface area contributed by atoms with Crippen molar-refractivity contribution in [2.24, 2.45) is 0 Å². The molecule has 33 heavy (non-hydrogen) atoms. The fourth-order valence-corrected chi connectivity index (χ4v) is 5.22. The lowest BCUT2D eigenvalue weighted by Gasteiger charge is -2.31. The summed E-state index contributed by atoms with van der Waals surface area (Å²) in [6, 6.07) is 2.08. The predicted octanol–water partition coefficient (Wildman–Crippen LogP) is 2.60. The summed E-state index contributed by atoms with van der Waals surface area (Å²) >= 11 is 1.60. The number of unbranched alkanes of at least 4 members (excludes halogenated alkanes) is 1.